The molecule has 33 heavy (non-hydrogen) atoms. The van der Waals surface area contributed by atoms with E-state index in [9.17, 15) is 24.0 Å². The van der Waals surface area contributed by atoms with Gasteiger partial charge >= 0.3 is 23.9 Å². The van der Waals surface area contributed by atoms with Crippen molar-refractivity contribution in [2.24, 2.45) is 0 Å². The van der Waals surface area contributed by atoms with Crippen LogP contribution in [0.25, 0.3) is 0 Å². The zero-order valence-electron chi connectivity index (χ0n) is 18.4. The molecule has 1 aliphatic rings. The smallest absolute Gasteiger partial charge is 0.342 e. The molecular formula is C21H24ClNO10. The van der Waals surface area contributed by atoms with Crippen molar-refractivity contribution >= 4 is 41.4 Å². The first kappa shape index (κ1) is 26.1. The van der Waals surface area contributed by atoms with Gasteiger partial charge < -0.3 is 29.0 Å². The molecule has 1 aromatic rings. The Bertz CT molecular complexity index is 920. The SMILES string of the molecule is CC(=O)N[C@@H]1[C@H](OC(=O)c2ccccc2Cl)O[C@H](COC(C)=O)[C@@H](OC(C)=O)[C@H]1OC(C)=O. The van der Waals surface area contributed by atoms with E-state index in [1.54, 1.807) is 12.1 Å². The Labute approximate surface area is 194 Å². The van der Waals surface area contributed by atoms with Crippen LogP contribution in [-0.2, 0) is 42.9 Å². The second kappa shape index (κ2) is 11.6. The van der Waals surface area contributed by atoms with Crippen molar-refractivity contribution in [3.63, 3.8) is 0 Å². The van der Waals surface area contributed by atoms with Crippen molar-refractivity contribution in [1.29, 1.82) is 0 Å². The second-order valence-electron chi connectivity index (χ2n) is 7.11. The van der Waals surface area contributed by atoms with E-state index in [2.05, 4.69) is 5.32 Å². The van der Waals surface area contributed by atoms with Gasteiger partial charge in [-0.15, -0.1) is 0 Å². The molecule has 2 rings (SSSR count). The van der Waals surface area contributed by atoms with Gasteiger partial charge in [-0.25, -0.2) is 4.79 Å². The quantitative estimate of drug-likeness (QED) is 0.441. The van der Waals surface area contributed by atoms with E-state index < -0.39 is 67.0 Å². The lowest BCUT2D eigenvalue weighted by atomic mass is 9.96. The molecule has 0 aromatic heterocycles. The average Bonchev–Trinajstić information content (AvgIpc) is 2.70. The summed E-state index contributed by atoms with van der Waals surface area (Å²) in [4.78, 5) is 59.5. The summed E-state index contributed by atoms with van der Waals surface area (Å²) in [5, 5.41) is 2.61. The zero-order chi connectivity index (χ0) is 24.7. The number of carbonyl (C=O) groups excluding carboxylic acids is 5. The average molecular weight is 486 g/mol. The molecule has 5 atom stereocenters. The predicted molar refractivity (Wildman–Crippen MR) is 111 cm³/mol. The number of ether oxygens (including phenoxy) is 5. The second-order valence-corrected chi connectivity index (χ2v) is 7.51. The van der Waals surface area contributed by atoms with Crippen molar-refractivity contribution in [1.82, 2.24) is 5.32 Å². The lowest BCUT2D eigenvalue weighted by Gasteiger charge is -2.44. The number of rotatable bonds is 7. The van der Waals surface area contributed by atoms with Crippen molar-refractivity contribution in [2.45, 2.75) is 58.3 Å². The fraction of sp³-hybridized carbons (Fsp3) is 0.476. The standard InChI is InChI=1S/C21H24ClNO10/c1-10(24)23-17-19(31-13(4)27)18(30-12(3)26)16(9-29-11(2)25)32-21(17)33-20(28)14-7-5-6-8-15(14)22/h5-8,16-19,21H,9H2,1-4H3,(H,23,24)/t16-,17+,18-,19+,21+/m1/s1. The molecule has 1 aliphatic heterocycles. The molecule has 0 aliphatic carbocycles. The third-order valence-electron chi connectivity index (χ3n) is 4.39. The van der Waals surface area contributed by atoms with Crippen LogP contribution in [0.15, 0.2) is 24.3 Å². The van der Waals surface area contributed by atoms with Gasteiger partial charge in [-0.1, -0.05) is 23.7 Å². The lowest BCUT2D eigenvalue weighted by molar-refractivity contribution is -0.263. The van der Waals surface area contributed by atoms with Gasteiger partial charge in [-0.2, -0.15) is 0 Å². The van der Waals surface area contributed by atoms with E-state index in [0.29, 0.717) is 0 Å². The van der Waals surface area contributed by atoms with E-state index in [-0.39, 0.29) is 10.6 Å². The minimum absolute atomic E-state index is 0.0204. The largest absolute Gasteiger partial charge is 0.463 e. The maximum Gasteiger partial charge on any atom is 0.342 e. The van der Waals surface area contributed by atoms with Gasteiger partial charge in [0.05, 0.1) is 10.6 Å². The van der Waals surface area contributed by atoms with Crippen LogP contribution < -0.4 is 5.32 Å². The number of amides is 1. The zero-order valence-corrected chi connectivity index (χ0v) is 19.1. The lowest BCUT2D eigenvalue weighted by Crippen LogP contribution is -2.66. The molecule has 1 amide bonds. The van der Waals surface area contributed by atoms with Gasteiger partial charge in [0.15, 0.2) is 12.2 Å². The molecular weight excluding hydrogens is 462 g/mol. The Morgan fingerprint density at radius 2 is 1.52 bits per heavy atom. The molecule has 1 saturated heterocycles. The van der Waals surface area contributed by atoms with Crippen molar-refractivity contribution in [3.8, 4) is 0 Å². The summed E-state index contributed by atoms with van der Waals surface area (Å²) in [6, 6.07) is 4.81. The summed E-state index contributed by atoms with van der Waals surface area (Å²) < 4.78 is 26.8. The highest BCUT2D eigenvalue weighted by Crippen LogP contribution is 2.29. The van der Waals surface area contributed by atoms with Gasteiger partial charge in [-0.05, 0) is 12.1 Å². The highest BCUT2D eigenvalue weighted by molar-refractivity contribution is 6.33. The predicted octanol–water partition coefficient (Wildman–Crippen LogP) is 1.15. The molecule has 1 heterocycles. The first-order chi connectivity index (χ1) is 15.5. The summed E-state index contributed by atoms with van der Waals surface area (Å²) in [5.74, 6) is -3.63. The van der Waals surface area contributed by atoms with Crippen molar-refractivity contribution in [2.75, 3.05) is 6.61 Å². The molecule has 11 nitrogen and oxygen atoms in total. The Morgan fingerprint density at radius 3 is 2.06 bits per heavy atom. The number of carbonyl (C=O) groups is 5. The Morgan fingerprint density at radius 1 is 0.909 bits per heavy atom. The topological polar surface area (TPSA) is 144 Å². The van der Waals surface area contributed by atoms with E-state index in [4.69, 9.17) is 35.3 Å². The first-order valence-electron chi connectivity index (χ1n) is 9.85. The summed E-state index contributed by atoms with van der Waals surface area (Å²) >= 11 is 6.05. The van der Waals surface area contributed by atoms with Crippen LogP contribution in [0.5, 0.6) is 0 Å². The van der Waals surface area contributed by atoms with E-state index in [1.807, 2.05) is 0 Å². The van der Waals surface area contributed by atoms with Crippen LogP contribution in [0.3, 0.4) is 0 Å². The Hall–Kier alpha value is -3.18. The number of benzene rings is 1. The summed E-state index contributed by atoms with van der Waals surface area (Å²) in [7, 11) is 0. The highest BCUT2D eigenvalue weighted by atomic mass is 35.5. The van der Waals surface area contributed by atoms with Crippen LogP contribution in [0.4, 0.5) is 0 Å². The monoisotopic (exact) mass is 485 g/mol. The maximum absolute atomic E-state index is 12.7. The molecule has 12 heteroatoms. The van der Waals surface area contributed by atoms with Gasteiger partial charge in [0, 0.05) is 27.7 Å². The molecule has 1 fully saturated rings. The summed E-state index contributed by atoms with van der Waals surface area (Å²) in [6.07, 6.45) is -5.35. The van der Waals surface area contributed by atoms with Crippen LogP contribution in [0.2, 0.25) is 5.02 Å². The maximum atomic E-state index is 12.7. The molecule has 0 saturated carbocycles. The van der Waals surface area contributed by atoms with Gasteiger partial charge in [-0.3, -0.25) is 19.2 Å². The Kier molecular flexibility index (Phi) is 9.18. The number of hydrogen-bond donors (Lipinski definition) is 1. The number of hydrogen-bond acceptors (Lipinski definition) is 10. The number of nitrogens with one attached hydrogen (secondary N) is 1. The van der Waals surface area contributed by atoms with Gasteiger partial charge in [0.2, 0.25) is 12.2 Å². The van der Waals surface area contributed by atoms with Crippen LogP contribution in [0.1, 0.15) is 38.1 Å². The fourth-order valence-corrected chi connectivity index (χ4v) is 3.40. The van der Waals surface area contributed by atoms with Gasteiger partial charge in [0.1, 0.15) is 18.8 Å². The molecule has 0 bridgehead atoms. The van der Waals surface area contributed by atoms with Crippen LogP contribution in [0, 0.1) is 0 Å². The van der Waals surface area contributed by atoms with E-state index in [1.165, 1.54) is 19.1 Å². The first-order valence-corrected chi connectivity index (χ1v) is 10.2. The van der Waals surface area contributed by atoms with Crippen LogP contribution in [-0.4, -0.2) is 67.0 Å². The minimum Gasteiger partial charge on any atom is -0.463 e. The molecule has 1 aromatic carbocycles. The van der Waals surface area contributed by atoms with Crippen LogP contribution >= 0.6 is 11.6 Å². The normalized spacial score (nSPS) is 24.2. The number of esters is 4. The molecule has 1 N–H and O–H groups in total. The molecule has 0 unspecified atom stereocenters. The summed E-state index contributed by atoms with van der Waals surface area (Å²) in [6.45, 7) is 4.14. The van der Waals surface area contributed by atoms with Gasteiger partial charge in [0.25, 0.3) is 0 Å². The molecule has 0 spiro atoms. The molecule has 0 radical (unpaired) electrons. The number of halogens is 1. The third kappa shape index (κ3) is 7.43. The highest BCUT2D eigenvalue weighted by Gasteiger charge is 2.52. The van der Waals surface area contributed by atoms with Crippen molar-refractivity contribution < 1.29 is 47.7 Å². The third-order valence-corrected chi connectivity index (χ3v) is 4.72. The van der Waals surface area contributed by atoms with E-state index in [0.717, 1.165) is 20.8 Å². The molecule has 180 valence electrons. The van der Waals surface area contributed by atoms with Crippen molar-refractivity contribution in [3.05, 3.63) is 34.9 Å². The fourth-order valence-electron chi connectivity index (χ4n) is 3.19. The van der Waals surface area contributed by atoms with E-state index >= 15 is 0 Å². The summed E-state index contributed by atoms with van der Waals surface area (Å²) in [5.41, 5.74) is 0.0204. The minimum atomic E-state index is -1.52. The Balaban J connectivity index is 2.45.